The minimum absolute atomic E-state index is 0.0929. The zero-order chi connectivity index (χ0) is 14.7. The summed E-state index contributed by atoms with van der Waals surface area (Å²) in [6.45, 7) is 2.49. The van der Waals surface area contributed by atoms with Gasteiger partial charge < -0.3 is 14.6 Å². The van der Waals surface area contributed by atoms with Crippen molar-refractivity contribution in [3.05, 3.63) is 46.7 Å². The second-order valence-corrected chi connectivity index (χ2v) is 6.25. The second kappa shape index (κ2) is 6.68. The summed E-state index contributed by atoms with van der Waals surface area (Å²) in [7, 11) is 2.01. The number of pyridine rings is 1. The zero-order valence-electron chi connectivity index (χ0n) is 12.0. The van der Waals surface area contributed by atoms with Crippen LogP contribution in [0.3, 0.4) is 0 Å². The first kappa shape index (κ1) is 14.7. The molecule has 0 saturated carbocycles. The van der Waals surface area contributed by atoms with Crippen molar-refractivity contribution in [2.75, 3.05) is 13.2 Å². The van der Waals surface area contributed by atoms with E-state index in [2.05, 4.69) is 31.2 Å². The van der Waals surface area contributed by atoms with Crippen LogP contribution >= 0.6 is 15.9 Å². The lowest BCUT2D eigenvalue weighted by atomic mass is 10.0. The molecule has 6 heteroatoms. The number of nitrogens with zero attached hydrogens (tertiary/aromatic N) is 3. The van der Waals surface area contributed by atoms with E-state index >= 15 is 0 Å². The fraction of sp³-hybridized carbons (Fsp3) is 0.467. The van der Waals surface area contributed by atoms with Gasteiger partial charge in [-0.1, -0.05) is 0 Å². The Balaban J connectivity index is 1.55. The number of nitrogens with one attached hydrogen (secondary N) is 1. The monoisotopic (exact) mass is 350 g/mol. The predicted octanol–water partition coefficient (Wildman–Crippen LogP) is 2.45. The second-order valence-electron chi connectivity index (χ2n) is 5.34. The van der Waals surface area contributed by atoms with E-state index in [-0.39, 0.29) is 6.10 Å². The predicted molar refractivity (Wildman–Crippen MR) is 83.7 cm³/mol. The van der Waals surface area contributed by atoms with Gasteiger partial charge in [0.25, 0.3) is 0 Å². The van der Waals surface area contributed by atoms with Crippen LogP contribution in [-0.4, -0.2) is 27.7 Å². The van der Waals surface area contributed by atoms with Gasteiger partial charge in [-0.25, -0.2) is 4.98 Å². The molecule has 0 unspecified atom stereocenters. The average molecular weight is 351 g/mol. The zero-order valence-corrected chi connectivity index (χ0v) is 13.6. The lowest BCUT2D eigenvalue weighted by Gasteiger charge is -2.18. The minimum Gasteiger partial charge on any atom is -0.370 e. The summed E-state index contributed by atoms with van der Waals surface area (Å²) in [6, 6.07) is 4.04. The Kier molecular flexibility index (Phi) is 4.67. The Morgan fingerprint density at radius 3 is 3.05 bits per heavy atom. The number of aromatic nitrogens is 3. The molecule has 2 aromatic heterocycles. The third-order valence-corrected chi connectivity index (χ3v) is 4.30. The van der Waals surface area contributed by atoms with Gasteiger partial charge in [0.1, 0.15) is 11.9 Å². The molecule has 1 aliphatic heterocycles. The molecular formula is C15H19BrN4O. The summed E-state index contributed by atoms with van der Waals surface area (Å²) in [6.07, 6.45) is 6.78. The van der Waals surface area contributed by atoms with E-state index in [1.807, 2.05) is 42.3 Å². The fourth-order valence-electron chi connectivity index (χ4n) is 2.68. The number of rotatable bonds is 5. The molecule has 21 heavy (non-hydrogen) atoms. The van der Waals surface area contributed by atoms with E-state index in [1.54, 1.807) is 0 Å². The third-order valence-electron chi connectivity index (χ3n) is 3.83. The maximum atomic E-state index is 5.86. The van der Waals surface area contributed by atoms with Crippen molar-refractivity contribution in [3.8, 4) is 0 Å². The van der Waals surface area contributed by atoms with Gasteiger partial charge in [0.2, 0.25) is 0 Å². The van der Waals surface area contributed by atoms with Gasteiger partial charge in [0.15, 0.2) is 0 Å². The number of halogens is 1. The van der Waals surface area contributed by atoms with Crippen LogP contribution in [0.1, 0.15) is 24.0 Å². The number of hydrogen-bond donors (Lipinski definition) is 1. The standard InChI is InChI=1S/C15H19BrN4O/c1-20-6-5-18-15(20)14-11(4-7-21-14)8-17-10-13-3-2-12(16)9-19-13/h2-3,5-6,9,11,14,17H,4,7-8,10H2,1H3/t11-,14+/m0/s1. The molecule has 1 saturated heterocycles. The number of aryl methyl sites for hydroxylation is 1. The molecule has 0 aromatic carbocycles. The Hall–Kier alpha value is -1.24. The maximum Gasteiger partial charge on any atom is 0.137 e. The van der Waals surface area contributed by atoms with Crippen molar-refractivity contribution in [2.24, 2.45) is 13.0 Å². The summed E-state index contributed by atoms with van der Waals surface area (Å²) in [4.78, 5) is 8.78. The van der Waals surface area contributed by atoms with Crippen LogP contribution in [0.25, 0.3) is 0 Å². The van der Waals surface area contributed by atoms with Crippen LogP contribution in [0.4, 0.5) is 0 Å². The average Bonchev–Trinajstić information content (AvgIpc) is 3.09. The van der Waals surface area contributed by atoms with E-state index in [0.717, 1.165) is 42.1 Å². The largest absolute Gasteiger partial charge is 0.370 e. The molecule has 0 aliphatic carbocycles. The lowest BCUT2D eigenvalue weighted by molar-refractivity contribution is 0.0810. The smallest absolute Gasteiger partial charge is 0.137 e. The third kappa shape index (κ3) is 3.51. The first-order valence-electron chi connectivity index (χ1n) is 7.14. The highest BCUT2D eigenvalue weighted by Crippen LogP contribution is 2.32. The van der Waals surface area contributed by atoms with Gasteiger partial charge in [0, 0.05) is 55.7 Å². The van der Waals surface area contributed by atoms with Crippen molar-refractivity contribution in [3.63, 3.8) is 0 Å². The molecule has 3 rings (SSSR count). The molecule has 5 nitrogen and oxygen atoms in total. The van der Waals surface area contributed by atoms with E-state index in [1.165, 1.54) is 0 Å². The summed E-state index contributed by atoms with van der Waals surface area (Å²) < 4.78 is 8.91. The number of ether oxygens (including phenoxy) is 1. The van der Waals surface area contributed by atoms with Crippen LogP contribution in [0, 0.1) is 5.92 Å². The normalized spacial score (nSPS) is 21.8. The summed E-state index contributed by atoms with van der Waals surface area (Å²) in [5.74, 6) is 1.47. The molecule has 0 amide bonds. The molecule has 1 fully saturated rings. The van der Waals surface area contributed by atoms with Gasteiger partial charge in [-0.05, 0) is 34.5 Å². The number of imidazole rings is 1. The SMILES string of the molecule is Cn1ccnc1[C@@H]1OCC[C@H]1CNCc1ccc(Br)cn1. The Morgan fingerprint density at radius 2 is 2.33 bits per heavy atom. The summed E-state index contributed by atoms with van der Waals surface area (Å²) in [5, 5.41) is 3.48. The van der Waals surface area contributed by atoms with Gasteiger partial charge in [-0.15, -0.1) is 0 Å². The molecule has 2 aromatic rings. The van der Waals surface area contributed by atoms with E-state index in [9.17, 15) is 0 Å². The highest BCUT2D eigenvalue weighted by Gasteiger charge is 2.31. The molecule has 0 spiro atoms. The summed E-state index contributed by atoms with van der Waals surface area (Å²) >= 11 is 3.40. The Bertz CT molecular complexity index is 584. The molecule has 0 radical (unpaired) electrons. The van der Waals surface area contributed by atoms with E-state index in [0.29, 0.717) is 5.92 Å². The molecule has 1 aliphatic rings. The Labute approximate surface area is 132 Å². The fourth-order valence-corrected chi connectivity index (χ4v) is 2.91. The Morgan fingerprint density at radius 1 is 1.43 bits per heavy atom. The van der Waals surface area contributed by atoms with Crippen molar-refractivity contribution in [2.45, 2.75) is 19.1 Å². The lowest BCUT2D eigenvalue weighted by Crippen LogP contribution is -2.26. The van der Waals surface area contributed by atoms with Crippen LogP contribution < -0.4 is 5.32 Å². The van der Waals surface area contributed by atoms with Crippen LogP contribution in [0.15, 0.2) is 35.2 Å². The maximum absolute atomic E-state index is 5.86. The van der Waals surface area contributed by atoms with E-state index < -0.39 is 0 Å². The molecule has 3 heterocycles. The van der Waals surface area contributed by atoms with Gasteiger partial charge in [-0.3, -0.25) is 4.98 Å². The van der Waals surface area contributed by atoms with Crippen LogP contribution in [-0.2, 0) is 18.3 Å². The first-order valence-corrected chi connectivity index (χ1v) is 7.93. The van der Waals surface area contributed by atoms with Crippen molar-refractivity contribution in [1.82, 2.24) is 19.9 Å². The number of hydrogen-bond acceptors (Lipinski definition) is 4. The van der Waals surface area contributed by atoms with Crippen molar-refractivity contribution < 1.29 is 4.74 Å². The van der Waals surface area contributed by atoms with Gasteiger partial charge in [-0.2, -0.15) is 0 Å². The molecule has 2 atom stereocenters. The van der Waals surface area contributed by atoms with Crippen LogP contribution in [0.5, 0.6) is 0 Å². The molecule has 112 valence electrons. The van der Waals surface area contributed by atoms with Crippen LogP contribution in [0.2, 0.25) is 0 Å². The summed E-state index contributed by atoms with van der Waals surface area (Å²) in [5.41, 5.74) is 1.05. The van der Waals surface area contributed by atoms with Gasteiger partial charge in [0.05, 0.1) is 5.69 Å². The first-order chi connectivity index (χ1) is 10.2. The molecular weight excluding hydrogens is 332 g/mol. The molecule has 1 N–H and O–H groups in total. The van der Waals surface area contributed by atoms with Crippen molar-refractivity contribution in [1.29, 1.82) is 0 Å². The minimum atomic E-state index is 0.0929. The molecule has 0 bridgehead atoms. The topological polar surface area (TPSA) is 52.0 Å². The van der Waals surface area contributed by atoms with E-state index in [4.69, 9.17) is 4.74 Å². The highest BCUT2D eigenvalue weighted by atomic mass is 79.9. The van der Waals surface area contributed by atoms with Gasteiger partial charge >= 0.3 is 0 Å². The van der Waals surface area contributed by atoms with Crippen molar-refractivity contribution >= 4 is 15.9 Å². The highest BCUT2D eigenvalue weighted by molar-refractivity contribution is 9.10. The quantitative estimate of drug-likeness (QED) is 0.899.